The highest BCUT2D eigenvalue weighted by Gasteiger charge is 2.50. The maximum absolute atomic E-state index is 12.0. The highest BCUT2D eigenvalue weighted by molar-refractivity contribution is 6.22. The van der Waals surface area contributed by atoms with Crippen LogP contribution in [0.15, 0.2) is 24.3 Å². The van der Waals surface area contributed by atoms with Crippen LogP contribution >= 0.6 is 0 Å². The minimum absolute atomic E-state index is 0.0437. The molecule has 0 atom stereocenters. The van der Waals surface area contributed by atoms with Crippen LogP contribution in [0.2, 0.25) is 0 Å². The van der Waals surface area contributed by atoms with Crippen LogP contribution in [0.25, 0.3) is 0 Å². The Morgan fingerprint density at radius 3 is 2.28 bits per heavy atom. The number of carbonyl (C=O) groups is 3. The first-order valence-electron chi connectivity index (χ1n) is 5.47. The molecule has 0 spiro atoms. The molecule has 0 unspecified atom stereocenters. The van der Waals surface area contributed by atoms with Crippen molar-refractivity contribution < 1.29 is 19.5 Å². The van der Waals surface area contributed by atoms with Crippen LogP contribution < -0.4 is 10.6 Å². The predicted molar refractivity (Wildman–Crippen MR) is 61.8 cm³/mol. The molecule has 0 aromatic heterocycles. The zero-order valence-electron chi connectivity index (χ0n) is 9.69. The van der Waals surface area contributed by atoms with Crippen molar-refractivity contribution in [3.8, 4) is 5.75 Å². The average molecular weight is 248 g/mol. The SMILES string of the molecule is CCC1(c2cccc(O)c2)C(=O)NC(=O)NC1=O. The van der Waals surface area contributed by atoms with Gasteiger partial charge in [0, 0.05) is 0 Å². The van der Waals surface area contributed by atoms with E-state index in [0.717, 1.165) is 0 Å². The third-order valence-electron chi connectivity index (χ3n) is 3.10. The number of barbiturate groups is 1. The molecule has 18 heavy (non-hydrogen) atoms. The fraction of sp³-hybridized carbons (Fsp3) is 0.250. The van der Waals surface area contributed by atoms with E-state index >= 15 is 0 Å². The first-order valence-corrected chi connectivity index (χ1v) is 5.47. The smallest absolute Gasteiger partial charge is 0.328 e. The van der Waals surface area contributed by atoms with Crippen LogP contribution in [-0.2, 0) is 15.0 Å². The minimum atomic E-state index is -1.48. The molecule has 94 valence electrons. The number of imide groups is 2. The Morgan fingerprint density at radius 2 is 1.78 bits per heavy atom. The number of carbonyl (C=O) groups excluding carboxylic acids is 3. The second kappa shape index (κ2) is 4.14. The monoisotopic (exact) mass is 248 g/mol. The van der Waals surface area contributed by atoms with Crippen molar-refractivity contribution in [1.82, 2.24) is 10.6 Å². The van der Waals surface area contributed by atoms with Crippen molar-refractivity contribution in [3.05, 3.63) is 29.8 Å². The van der Waals surface area contributed by atoms with E-state index in [9.17, 15) is 19.5 Å². The number of amides is 4. The Kier molecular flexibility index (Phi) is 2.78. The van der Waals surface area contributed by atoms with Crippen LogP contribution in [-0.4, -0.2) is 23.0 Å². The number of phenolic OH excluding ortho intramolecular Hbond substituents is 1. The zero-order valence-corrected chi connectivity index (χ0v) is 9.69. The fourth-order valence-corrected chi connectivity index (χ4v) is 2.11. The molecule has 1 aliphatic heterocycles. The molecule has 3 N–H and O–H groups in total. The summed E-state index contributed by atoms with van der Waals surface area (Å²) in [4.78, 5) is 35.1. The van der Waals surface area contributed by atoms with Gasteiger partial charge in [0.15, 0.2) is 5.41 Å². The standard InChI is InChI=1S/C12H12N2O4/c1-2-12(7-4-3-5-8(15)6-7)9(16)13-11(18)14-10(12)17/h3-6,15H,2H2,1H3,(H2,13,14,16,17,18). The lowest BCUT2D eigenvalue weighted by Gasteiger charge is -2.33. The number of benzene rings is 1. The summed E-state index contributed by atoms with van der Waals surface area (Å²) in [5, 5.41) is 13.6. The van der Waals surface area contributed by atoms with Gasteiger partial charge in [-0.3, -0.25) is 20.2 Å². The minimum Gasteiger partial charge on any atom is -0.508 e. The molecule has 1 aromatic rings. The lowest BCUT2D eigenvalue weighted by atomic mass is 9.75. The molecule has 6 heteroatoms. The molecule has 1 aromatic carbocycles. The zero-order chi connectivity index (χ0) is 13.3. The molecule has 4 amide bonds. The lowest BCUT2D eigenvalue weighted by molar-refractivity contribution is -0.138. The fourth-order valence-electron chi connectivity index (χ4n) is 2.11. The number of hydrogen-bond donors (Lipinski definition) is 3. The van der Waals surface area contributed by atoms with Crippen LogP contribution in [0, 0.1) is 0 Å². The molecule has 1 fully saturated rings. The average Bonchev–Trinajstić information content (AvgIpc) is 2.29. The molecule has 0 bridgehead atoms. The van der Waals surface area contributed by atoms with Gasteiger partial charge in [-0.15, -0.1) is 0 Å². The van der Waals surface area contributed by atoms with E-state index in [-0.39, 0.29) is 12.2 Å². The summed E-state index contributed by atoms with van der Waals surface area (Å²) in [7, 11) is 0. The summed E-state index contributed by atoms with van der Waals surface area (Å²) in [5.74, 6) is -1.40. The van der Waals surface area contributed by atoms with Gasteiger partial charge in [0.2, 0.25) is 11.8 Å². The van der Waals surface area contributed by atoms with E-state index < -0.39 is 23.3 Å². The van der Waals surface area contributed by atoms with Crippen molar-refractivity contribution in [2.75, 3.05) is 0 Å². The summed E-state index contributed by atoms with van der Waals surface area (Å²) < 4.78 is 0. The first-order chi connectivity index (χ1) is 8.50. The van der Waals surface area contributed by atoms with E-state index in [0.29, 0.717) is 5.56 Å². The maximum Gasteiger partial charge on any atom is 0.328 e. The van der Waals surface area contributed by atoms with Crippen LogP contribution in [0.5, 0.6) is 5.75 Å². The first kappa shape index (κ1) is 12.1. The molecular formula is C12H12N2O4. The molecule has 2 rings (SSSR count). The summed E-state index contributed by atoms with van der Waals surface area (Å²) in [6, 6.07) is 5.07. The maximum atomic E-state index is 12.0. The van der Waals surface area contributed by atoms with E-state index in [1.807, 2.05) is 0 Å². The van der Waals surface area contributed by atoms with Gasteiger partial charge in [-0.1, -0.05) is 19.1 Å². The Bertz CT molecular complexity index is 519. The van der Waals surface area contributed by atoms with Crippen LogP contribution in [0.3, 0.4) is 0 Å². The van der Waals surface area contributed by atoms with Gasteiger partial charge in [0.25, 0.3) is 0 Å². The third-order valence-corrected chi connectivity index (χ3v) is 3.10. The number of urea groups is 1. The molecule has 1 aliphatic rings. The molecule has 0 aliphatic carbocycles. The molecule has 0 saturated carbocycles. The number of phenols is 1. The molecular weight excluding hydrogens is 236 g/mol. The Balaban J connectivity index is 2.57. The highest BCUT2D eigenvalue weighted by atomic mass is 16.3. The molecule has 1 heterocycles. The van der Waals surface area contributed by atoms with Gasteiger partial charge < -0.3 is 5.11 Å². The Hall–Kier alpha value is -2.37. The van der Waals surface area contributed by atoms with E-state index in [2.05, 4.69) is 10.6 Å². The largest absolute Gasteiger partial charge is 0.508 e. The number of hydrogen-bond acceptors (Lipinski definition) is 4. The molecule has 6 nitrogen and oxygen atoms in total. The predicted octanol–water partition coefficient (Wildman–Crippen LogP) is 0.406. The van der Waals surface area contributed by atoms with Crippen molar-refractivity contribution in [2.24, 2.45) is 0 Å². The quantitative estimate of drug-likeness (QED) is 0.660. The summed E-state index contributed by atoms with van der Waals surface area (Å²) in [5.41, 5.74) is -1.13. The number of aromatic hydroxyl groups is 1. The van der Waals surface area contributed by atoms with Gasteiger partial charge >= 0.3 is 6.03 Å². The highest BCUT2D eigenvalue weighted by Crippen LogP contribution is 2.32. The van der Waals surface area contributed by atoms with Crippen LogP contribution in [0.1, 0.15) is 18.9 Å². The van der Waals surface area contributed by atoms with Crippen molar-refractivity contribution >= 4 is 17.8 Å². The third kappa shape index (κ3) is 1.62. The van der Waals surface area contributed by atoms with Gasteiger partial charge in [0.1, 0.15) is 5.75 Å². The van der Waals surface area contributed by atoms with Gasteiger partial charge in [-0.25, -0.2) is 4.79 Å². The second-order valence-electron chi connectivity index (χ2n) is 4.05. The topological polar surface area (TPSA) is 95.5 Å². The summed E-state index contributed by atoms with van der Waals surface area (Å²) in [6.07, 6.45) is 0.182. The Morgan fingerprint density at radius 1 is 1.17 bits per heavy atom. The molecule has 1 saturated heterocycles. The van der Waals surface area contributed by atoms with Crippen LogP contribution in [0.4, 0.5) is 4.79 Å². The van der Waals surface area contributed by atoms with Crippen molar-refractivity contribution in [3.63, 3.8) is 0 Å². The van der Waals surface area contributed by atoms with Gasteiger partial charge in [-0.2, -0.15) is 0 Å². The van der Waals surface area contributed by atoms with Crippen molar-refractivity contribution in [2.45, 2.75) is 18.8 Å². The van der Waals surface area contributed by atoms with Gasteiger partial charge in [0.05, 0.1) is 0 Å². The summed E-state index contributed by atoms with van der Waals surface area (Å²) in [6.45, 7) is 1.67. The van der Waals surface area contributed by atoms with E-state index in [1.165, 1.54) is 12.1 Å². The number of rotatable bonds is 2. The summed E-state index contributed by atoms with van der Waals surface area (Å²) >= 11 is 0. The second-order valence-corrected chi connectivity index (χ2v) is 4.05. The Labute approximate surface area is 103 Å². The van der Waals surface area contributed by atoms with E-state index in [1.54, 1.807) is 19.1 Å². The number of nitrogens with one attached hydrogen (secondary N) is 2. The van der Waals surface area contributed by atoms with Gasteiger partial charge in [-0.05, 0) is 24.1 Å². The lowest BCUT2D eigenvalue weighted by Crippen LogP contribution is -2.64. The van der Waals surface area contributed by atoms with Crippen molar-refractivity contribution in [1.29, 1.82) is 0 Å². The van der Waals surface area contributed by atoms with E-state index in [4.69, 9.17) is 0 Å². The molecule has 0 radical (unpaired) electrons. The normalized spacial score (nSPS) is 18.2.